The van der Waals surface area contributed by atoms with Crippen molar-refractivity contribution in [2.75, 3.05) is 0 Å². The second-order valence-electron chi connectivity index (χ2n) is 4.93. The third kappa shape index (κ3) is 4.14. The summed E-state index contributed by atoms with van der Waals surface area (Å²) in [6.45, 7) is 0. The molecule has 0 aliphatic heterocycles. The topological polar surface area (TPSA) is 76.7 Å². The minimum Gasteiger partial charge on any atom is -0.422 e. The number of ether oxygens (including phenoxy) is 1. The molecule has 1 aromatic heterocycles. The maximum absolute atomic E-state index is 12.4. The van der Waals surface area contributed by atoms with Gasteiger partial charge in [0.2, 0.25) is 0 Å². The Morgan fingerprint density at radius 1 is 1.24 bits per heavy atom. The fourth-order valence-corrected chi connectivity index (χ4v) is 3.53. The average Bonchev–Trinajstić information content (AvgIpc) is 2.94. The highest BCUT2D eigenvalue weighted by atomic mass is 35.5. The van der Waals surface area contributed by atoms with Crippen LogP contribution < -0.4 is 15.9 Å². The number of hydrogen-bond donors (Lipinski definition) is 2. The van der Waals surface area contributed by atoms with Gasteiger partial charge in [0.15, 0.2) is 5.11 Å². The molecule has 0 fully saturated rings. The molecule has 0 spiro atoms. The van der Waals surface area contributed by atoms with E-state index in [0.717, 1.165) is 15.6 Å². The van der Waals surface area contributed by atoms with Gasteiger partial charge in [-0.05, 0) is 48.1 Å². The first kappa shape index (κ1) is 17.3. The highest BCUT2D eigenvalue weighted by Gasteiger charge is 2.18. The molecule has 3 rings (SSSR count). The molecule has 3 aromatic rings. The van der Waals surface area contributed by atoms with Gasteiger partial charge in [0.25, 0.3) is 0 Å². The first-order chi connectivity index (χ1) is 12.0. The van der Waals surface area contributed by atoms with Crippen molar-refractivity contribution >= 4 is 62.5 Å². The van der Waals surface area contributed by atoms with Gasteiger partial charge in [0.1, 0.15) is 10.6 Å². The zero-order chi connectivity index (χ0) is 17.8. The summed E-state index contributed by atoms with van der Waals surface area (Å²) in [6.07, 6.45) is 1.55. The zero-order valence-electron chi connectivity index (χ0n) is 12.7. The normalized spacial score (nSPS) is 10.9. The van der Waals surface area contributed by atoms with Crippen LogP contribution in [0.3, 0.4) is 0 Å². The Morgan fingerprint density at radius 3 is 2.64 bits per heavy atom. The largest absolute Gasteiger partial charge is 0.422 e. The van der Waals surface area contributed by atoms with Crippen LogP contribution in [-0.2, 0) is 0 Å². The maximum Gasteiger partial charge on any atom is 0.355 e. The van der Waals surface area contributed by atoms with Crippen molar-refractivity contribution in [2.45, 2.75) is 0 Å². The van der Waals surface area contributed by atoms with E-state index in [2.05, 4.69) is 22.7 Å². The third-order valence-corrected chi connectivity index (χ3v) is 4.95. The van der Waals surface area contributed by atoms with Gasteiger partial charge in [0, 0.05) is 10.1 Å². The van der Waals surface area contributed by atoms with Crippen LogP contribution in [0.15, 0.2) is 53.6 Å². The number of fused-ring (bicyclic) bond motifs is 1. The quantitative estimate of drug-likeness (QED) is 0.232. The highest BCUT2D eigenvalue weighted by molar-refractivity contribution is 7.80. The smallest absolute Gasteiger partial charge is 0.355 e. The molecule has 0 saturated heterocycles. The van der Waals surface area contributed by atoms with Gasteiger partial charge < -0.3 is 10.5 Å². The summed E-state index contributed by atoms with van der Waals surface area (Å²) < 4.78 is 6.34. The lowest BCUT2D eigenvalue weighted by Crippen LogP contribution is -2.23. The molecule has 2 aromatic carbocycles. The van der Waals surface area contributed by atoms with E-state index in [1.54, 1.807) is 30.5 Å². The van der Waals surface area contributed by atoms with Crippen molar-refractivity contribution in [2.24, 2.45) is 10.8 Å². The van der Waals surface area contributed by atoms with Crippen LogP contribution in [0, 0.1) is 0 Å². The fourth-order valence-electron chi connectivity index (χ4n) is 2.09. The Hall–Kier alpha value is -2.48. The van der Waals surface area contributed by atoms with Crippen molar-refractivity contribution in [3.8, 4) is 5.75 Å². The van der Waals surface area contributed by atoms with Crippen molar-refractivity contribution in [1.82, 2.24) is 5.43 Å². The Labute approximate surface area is 158 Å². The Kier molecular flexibility index (Phi) is 5.28. The lowest BCUT2D eigenvalue weighted by molar-refractivity contribution is 0.0740. The van der Waals surface area contributed by atoms with Gasteiger partial charge in [-0.3, -0.25) is 5.43 Å². The SMILES string of the molecule is NC(=S)N/N=C/c1ccc(OC(=O)c2sc3ccccc3c2Cl)cc1. The van der Waals surface area contributed by atoms with Crippen LogP contribution in [0.5, 0.6) is 5.75 Å². The van der Waals surface area contributed by atoms with E-state index in [9.17, 15) is 4.79 Å². The molecule has 0 saturated carbocycles. The summed E-state index contributed by atoms with van der Waals surface area (Å²) in [5.74, 6) is -0.0688. The Bertz CT molecular complexity index is 968. The maximum atomic E-state index is 12.4. The van der Waals surface area contributed by atoms with Crippen LogP contribution in [0.1, 0.15) is 15.2 Å². The standard InChI is InChI=1S/C17H12ClN3O2S2/c18-14-12-3-1-2-4-13(12)25-15(14)16(22)23-11-7-5-10(6-8-11)9-20-21-17(19)24/h1-9H,(H3,19,21,24)/b20-9+. The molecular weight excluding hydrogens is 378 g/mol. The first-order valence-electron chi connectivity index (χ1n) is 7.12. The summed E-state index contributed by atoms with van der Waals surface area (Å²) in [6, 6.07) is 14.4. The molecule has 25 heavy (non-hydrogen) atoms. The van der Waals surface area contributed by atoms with E-state index in [1.165, 1.54) is 11.3 Å². The number of thiocarbonyl (C=S) groups is 1. The van der Waals surface area contributed by atoms with E-state index in [1.807, 2.05) is 24.3 Å². The molecule has 3 N–H and O–H groups in total. The van der Waals surface area contributed by atoms with Crippen LogP contribution >= 0.6 is 35.2 Å². The zero-order valence-corrected chi connectivity index (χ0v) is 15.1. The van der Waals surface area contributed by atoms with E-state index >= 15 is 0 Å². The average molecular weight is 390 g/mol. The number of carbonyl (C=O) groups excluding carboxylic acids is 1. The van der Waals surface area contributed by atoms with Crippen molar-refractivity contribution < 1.29 is 9.53 Å². The Balaban J connectivity index is 1.73. The predicted molar refractivity (Wildman–Crippen MR) is 106 cm³/mol. The van der Waals surface area contributed by atoms with Gasteiger partial charge in [-0.25, -0.2) is 4.79 Å². The van der Waals surface area contributed by atoms with E-state index in [0.29, 0.717) is 15.6 Å². The molecule has 0 amide bonds. The van der Waals surface area contributed by atoms with Crippen LogP contribution in [0.2, 0.25) is 5.02 Å². The second kappa shape index (κ2) is 7.60. The monoisotopic (exact) mass is 389 g/mol. The minimum absolute atomic E-state index is 0.0852. The van der Waals surface area contributed by atoms with Crippen LogP contribution in [0.4, 0.5) is 0 Å². The molecule has 0 aliphatic rings. The van der Waals surface area contributed by atoms with Crippen LogP contribution in [-0.4, -0.2) is 17.3 Å². The summed E-state index contributed by atoms with van der Waals surface area (Å²) >= 11 is 12.2. The molecule has 8 heteroatoms. The number of nitrogens with one attached hydrogen (secondary N) is 1. The van der Waals surface area contributed by atoms with Gasteiger partial charge in [0.05, 0.1) is 11.2 Å². The van der Waals surface area contributed by atoms with E-state index in [-0.39, 0.29) is 5.11 Å². The highest BCUT2D eigenvalue weighted by Crippen LogP contribution is 2.35. The number of hydrogen-bond acceptors (Lipinski definition) is 5. The van der Waals surface area contributed by atoms with Crippen molar-refractivity contribution in [3.63, 3.8) is 0 Å². The second-order valence-corrected chi connectivity index (χ2v) is 6.80. The molecule has 1 heterocycles. The number of nitrogens with two attached hydrogens (primary N) is 1. The number of benzene rings is 2. The van der Waals surface area contributed by atoms with Crippen molar-refractivity contribution in [1.29, 1.82) is 0 Å². The predicted octanol–water partition coefficient (Wildman–Crippen LogP) is 3.94. The van der Waals surface area contributed by atoms with Gasteiger partial charge >= 0.3 is 5.97 Å². The molecule has 0 radical (unpaired) electrons. The number of rotatable bonds is 4. The number of halogens is 1. The molecule has 126 valence electrons. The van der Waals surface area contributed by atoms with Gasteiger partial charge in [-0.1, -0.05) is 29.8 Å². The van der Waals surface area contributed by atoms with E-state index < -0.39 is 5.97 Å². The molecule has 0 atom stereocenters. The molecule has 5 nitrogen and oxygen atoms in total. The third-order valence-electron chi connectivity index (χ3n) is 3.20. The fraction of sp³-hybridized carbons (Fsp3) is 0. The molecule has 0 aliphatic carbocycles. The number of esters is 1. The van der Waals surface area contributed by atoms with Gasteiger partial charge in [-0.2, -0.15) is 5.10 Å². The Morgan fingerprint density at radius 2 is 1.96 bits per heavy atom. The molecule has 0 bridgehead atoms. The summed E-state index contributed by atoms with van der Waals surface area (Å²) in [5, 5.41) is 5.20. The first-order valence-corrected chi connectivity index (χ1v) is 8.72. The number of thiophene rings is 1. The van der Waals surface area contributed by atoms with Crippen molar-refractivity contribution in [3.05, 3.63) is 64.0 Å². The van der Waals surface area contributed by atoms with Gasteiger partial charge in [-0.15, -0.1) is 11.3 Å². The van der Waals surface area contributed by atoms with E-state index in [4.69, 9.17) is 22.1 Å². The summed E-state index contributed by atoms with van der Waals surface area (Å²) in [7, 11) is 0. The number of hydrazone groups is 1. The summed E-state index contributed by atoms with van der Waals surface area (Å²) in [5.41, 5.74) is 8.53. The summed E-state index contributed by atoms with van der Waals surface area (Å²) in [4.78, 5) is 12.8. The lowest BCUT2D eigenvalue weighted by atomic mass is 10.2. The number of nitrogens with zero attached hydrogens (tertiary/aromatic N) is 1. The molecule has 0 unspecified atom stereocenters. The number of carbonyl (C=O) groups is 1. The minimum atomic E-state index is -0.484. The molecular formula is C17H12ClN3O2S2. The van der Waals surface area contributed by atoms with Crippen LogP contribution in [0.25, 0.3) is 10.1 Å². The lowest BCUT2D eigenvalue weighted by Gasteiger charge is -2.03.